The highest BCUT2D eigenvalue weighted by Gasteiger charge is 2.13. The first-order chi connectivity index (χ1) is 14.3. The van der Waals surface area contributed by atoms with Gasteiger partial charge in [-0.2, -0.15) is 5.10 Å². The normalized spacial score (nSPS) is 11.4. The molecule has 1 heterocycles. The van der Waals surface area contributed by atoms with Crippen LogP contribution in [0.25, 0.3) is 16.9 Å². The second kappa shape index (κ2) is 9.51. The minimum Gasteiger partial charge on any atom is -0.375 e. The van der Waals surface area contributed by atoms with E-state index < -0.39 is 14.9 Å². The molecule has 30 heavy (non-hydrogen) atoms. The number of ether oxygens (including phenoxy) is 1. The summed E-state index contributed by atoms with van der Waals surface area (Å²) < 4.78 is 30.8. The van der Waals surface area contributed by atoms with E-state index in [1.807, 2.05) is 36.4 Å². The number of hydrogen-bond donors (Lipinski definition) is 0. The quantitative estimate of drug-likeness (QED) is 0.275. The van der Waals surface area contributed by atoms with Crippen LogP contribution in [0.1, 0.15) is 12.1 Å². The molecule has 0 bridgehead atoms. The van der Waals surface area contributed by atoms with Crippen molar-refractivity contribution in [3.8, 4) is 16.9 Å². The van der Waals surface area contributed by atoms with E-state index in [2.05, 4.69) is 9.94 Å². The molecule has 0 radical (unpaired) electrons. The summed E-state index contributed by atoms with van der Waals surface area (Å²) in [6.07, 6.45) is 1.56. The molecule has 0 saturated heterocycles. The van der Waals surface area contributed by atoms with Crippen molar-refractivity contribution in [1.82, 2.24) is 9.78 Å². The molecule has 0 aliphatic carbocycles. The van der Waals surface area contributed by atoms with Crippen molar-refractivity contribution in [3.05, 3.63) is 76.5 Å². The Labute approximate surface area is 173 Å². The fraction of sp³-hybridized carbons (Fsp3) is 0.250. The SMILES string of the molecule is CS(=O)(=O)c1ccc(-c2cc(COCCCO[N+](=O)[O-])nn2-c2ccccc2)cc1. The van der Waals surface area contributed by atoms with Crippen LogP contribution in [-0.4, -0.2) is 42.8 Å². The smallest absolute Gasteiger partial charge is 0.294 e. The van der Waals surface area contributed by atoms with Gasteiger partial charge in [-0.05, 0) is 36.8 Å². The standard InChI is InChI=1S/C20H21N3O6S/c1-30(26,27)19-10-8-16(9-11-19)20-14-17(15-28-12-5-13-29-23(24)25)21-22(20)18-6-3-2-4-7-18/h2-4,6-11,14H,5,12-13,15H2,1H3. The van der Waals surface area contributed by atoms with Gasteiger partial charge in [0.1, 0.15) is 0 Å². The van der Waals surface area contributed by atoms with Crippen LogP contribution in [0.4, 0.5) is 0 Å². The fourth-order valence-electron chi connectivity index (χ4n) is 2.82. The van der Waals surface area contributed by atoms with Gasteiger partial charge in [-0.25, -0.2) is 13.1 Å². The number of hydrogen-bond acceptors (Lipinski definition) is 7. The van der Waals surface area contributed by atoms with Gasteiger partial charge in [-0.15, -0.1) is 10.1 Å². The van der Waals surface area contributed by atoms with Crippen LogP contribution in [0.3, 0.4) is 0 Å². The molecular weight excluding hydrogens is 410 g/mol. The van der Waals surface area contributed by atoms with Crippen molar-refractivity contribution in [2.24, 2.45) is 0 Å². The average Bonchev–Trinajstić information content (AvgIpc) is 3.15. The zero-order valence-corrected chi connectivity index (χ0v) is 17.1. The van der Waals surface area contributed by atoms with Gasteiger partial charge in [0.25, 0.3) is 5.09 Å². The number of rotatable bonds is 10. The monoisotopic (exact) mass is 431 g/mol. The molecule has 0 unspecified atom stereocenters. The van der Waals surface area contributed by atoms with E-state index in [-0.39, 0.29) is 18.1 Å². The summed E-state index contributed by atoms with van der Waals surface area (Å²) in [5, 5.41) is 13.9. The molecule has 0 spiro atoms. The average molecular weight is 431 g/mol. The maximum Gasteiger partial charge on any atom is 0.294 e. The summed E-state index contributed by atoms with van der Waals surface area (Å²) in [5.74, 6) is 0. The molecule has 0 saturated carbocycles. The van der Waals surface area contributed by atoms with Crippen molar-refractivity contribution >= 4 is 9.84 Å². The predicted molar refractivity (Wildman–Crippen MR) is 109 cm³/mol. The molecule has 10 heteroatoms. The van der Waals surface area contributed by atoms with Gasteiger partial charge in [0, 0.05) is 18.4 Å². The van der Waals surface area contributed by atoms with Crippen LogP contribution in [-0.2, 0) is 26.0 Å². The molecule has 0 atom stereocenters. The Morgan fingerprint density at radius 2 is 1.77 bits per heavy atom. The van der Waals surface area contributed by atoms with E-state index in [4.69, 9.17) is 4.74 Å². The van der Waals surface area contributed by atoms with Crippen LogP contribution in [0.2, 0.25) is 0 Å². The third-order valence-electron chi connectivity index (χ3n) is 4.22. The Morgan fingerprint density at radius 3 is 2.40 bits per heavy atom. The third kappa shape index (κ3) is 5.65. The summed E-state index contributed by atoms with van der Waals surface area (Å²) in [7, 11) is -3.28. The van der Waals surface area contributed by atoms with E-state index >= 15 is 0 Å². The molecule has 2 aromatic carbocycles. The lowest BCUT2D eigenvalue weighted by Gasteiger charge is -2.08. The zero-order valence-electron chi connectivity index (χ0n) is 16.3. The van der Waals surface area contributed by atoms with Gasteiger partial charge in [0.05, 0.1) is 35.2 Å². The molecular formula is C20H21N3O6S. The Hall–Kier alpha value is -3.24. The number of benzene rings is 2. The Morgan fingerprint density at radius 1 is 1.07 bits per heavy atom. The zero-order chi connectivity index (χ0) is 21.6. The molecule has 0 fully saturated rings. The number of nitrogens with zero attached hydrogens (tertiary/aromatic N) is 3. The molecule has 0 aliphatic rings. The number of aromatic nitrogens is 2. The van der Waals surface area contributed by atoms with Crippen molar-refractivity contribution in [2.75, 3.05) is 19.5 Å². The van der Waals surface area contributed by atoms with E-state index in [0.717, 1.165) is 16.9 Å². The van der Waals surface area contributed by atoms with Crippen LogP contribution >= 0.6 is 0 Å². The van der Waals surface area contributed by atoms with Gasteiger partial charge >= 0.3 is 0 Å². The predicted octanol–water partition coefficient (Wildman–Crippen LogP) is 3.06. The van der Waals surface area contributed by atoms with E-state index in [1.54, 1.807) is 28.9 Å². The van der Waals surface area contributed by atoms with Gasteiger partial charge in [0.2, 0.25) is 0 Å². The fourth-order valence-corrected chi connectivity index (χ4v) is 3.45. The second-order valence-electron chi connectivity index (χ2n) is 6.53. The van der Waals surface area contributed by atoms with E-state index in [9.17, 15) is 18.5 Å². The largest absolute Gasteiger partial charge is 0.375 e. The molecule has 1 aromatic heterocycles. The van der Waals surface area contributed by atoms with E-state index in [1.165, 1.54) is 6.26 Å². The molecule has 9 nitrogen and oxygen atoms in total. The lowest BCUT2D eigenvalue weighted by atomic mass is 10.1. The van der Waals surface area contributed by atoms with Gasteiger partial charge in [-0.1, -0.05) is 30.3 Å². The summed E-state index contributed by atoms with van der Waals surface area (Å²) in [4.78, 5) is 14.6. The minimum atomic E-state index is -3.28. The van der Waals surface area contributed by atoms with Crippen molar-refractivity contribution in [2.45, 2.75) is 17.9 Å². The maximum absolute atomic E-state index is 11.7. The maximum atomic E-state index is 11.7. The first-order valence-corrected chi connectivity index (χ1v) is 11.0. The summed E-state index contributed by atoms with van der Waals surface area (Å²) in [6.45, 7) is 0.501. The van der Waals surface area contributed by atoms with Crippen LogP contribution in [0, 0.1) is 10.1 Å². The van der Waals surface area contributed by atoms with Crippen LogP contribution in [0.15, 0.2) is 65.6 Å². The van der Waals surface area contributed by atoms with Gasteiger partial charge in [0.15, 0.2) is 9.84 Å². The third-order valence-corrected chi connectivity index (χ3v) is 5.35. The molecule has 3 aromatic rings. The lowest BCUT2D eigenvalue weighted by molar-refractivity contribution is -0.757. The van der Waals surface area contributed by atoms with Crippen molar-refractivity contribution < 1.29 is 23.1 Å². The van der Waals surface area contributed by atoms with Crippen LogP contribution in [0.5, 0.6) is 0 Å². The molecule has 3 rings (SSSR count). The molecule has 0 N–H and O–H groups in total. The summed E-state index contributed by atoms with van der Waals surface area (Å²) >= 11 is 0. The molecule has 0 aliphatic heterocycles. The molecule has 158 valence electrons. The van der Waals surface area contributed by atoms with Gasteiger partial charge < -0.3 is 9.57 Å². The molecule has 0 amide bonds. The summed E-state index contributed by atoms with van der Waals surface area (Å²) in [5.41, 5.74) is 3.13. The van der Waals surface area contributed by atoms with Gasteiger partial charge in [-0.3, -0.25) is 0 Å². The first-order valence-electron chi connectivity index (χ1n) is 9.14. The Bertz CT molecular complexity index is 1100. The van der Waals surface area contributed by atoms with Crippen molar-refractivity contribution in [3.63, 3.8) is 0 Å². The van der Waals surface area contributed by atoms with Crippen molar-refractivity contribution in [1.29, 1.82) is 0 Å². The van der Waals surface area contributed by atoms with Crippen LogP contribution < -0.4 is 0 Å². The first kappa shape index (κ1) is 21.5. The highest BCUT2D eigenvalue weighted by molar-refractivity contribution is 7.90. The number of para-hydroxylation sites is 1. The second-order valence-corrected chi connectivity index (χ2v) is 8.54. The van der Waals surface area contributed by atoms with E-state index in [0.29, 0.717) is 18.7 Å². The minimum absolute atomic E-state index is 0.0244. The highest BCUT2D eigenvalue weighted by Crippen LogP contribution is 2.25. The Kier molecular flexibility index (Phi) is 6.80. The lowest BCUT2D eigenvalue weighted by Crippen LogP contribution is -2.06. The summed E-state index contributed by atoms with van der Waals surface area (Å²) in [6, 6.07) is 18.0. The highest BCUT2D eigenvalue weighted by atomic mass is 32.2. The Balaban J connectivity index is 1.80. The number of sulfone groups is 1. The topological polar surface area (TPSA) is 114 Å².